The first-order valence-corrected chi connectivity index (χ1v) is 20.3. The molecular formula is C44H53ClN4O7S. The first kappa shape index (κ1) is 43.5. The molecule has 1 heterocycles. The van der Waals surface area contributed by atoms with Gasteiger partial charge in [0.15, 0.2) is 0 Å². The minimum absolute atomic E-state index is 0. The molecule has 3 aromatic carbocycles. The molecular weight excluding hydrogens is 764 g/mol. The highest BCUT2D eigenvalue weighted by molar-refractivity contribution is 7.17. The van der Waals surface area contributed by atoms with E-state index in [0.717, 1.165) is 91.5 Å². The number of anilines is 2. The first-order valence-electron chi connectivity index (χ1n) is 19.5. The number of rotatable bonds is 20. The Labute approximate surface area is 345 Å². The molecule has 0 bridgehead atoms. The third-order valence-electron chi connectivity index (χ3n) is 10.4. The number of likely N-dealkylation sites (N-methyl/N-ethyl adjacent to an activating group) is 1. The second kappa shape index (κ2) is 21.2. The predicted molar refractivity (Wildman–Crippen MR) is 226 cm³/mol. The first-order chi connectivity index (χ1) is 27.2. The molecule has 0 spiro atoms. The fourth-order valence-electron chi connectivity index (χ4n) is 7.04. The molecule has 0 radical (unpaired) electrons. The lowest BCUT2D eigenvalue weighted by molar-refractivity contribution is -0.135. The van der Waals surface area contributed by atoms with E-state index in [1.54, 1.807) is 31.2 Å². The van der Waals surface area contributed by atoms with Crippen molar-refractivity contribution in [3.8, 4) is 0 Å². The third-order valence-corrected chi connectivity index (χ3v) is 11.6. The summed E-state index contributed by atoms with van der Waals surface area (Å²) in [7, 11) is 3.41. The van der Waals surface area contributed by atoms with Crippen LogP contribution in [-0.4, -0.2) is 91.7 Å². The van der Waals surface area contributed by atoms with E-state index in [-0.39, 0.29) is 42.3 Å². The number of benzene rings is 3. The second-order valence-electron chi connectivity index (χ2n) is 14.6. The van der Waals surface area contributed by atoms with Crippen LogP contribution in [0.2, 0.25) is 0 Å². The van der Waals surface area contributed by atoms with Gasteiger partial charge < -0.3 is 30.1 Å². The highest BCUT2D eigenvalue weighted by atomic mass is 35.5. The van der Waals surface area contributed by atoms with Crippen LogP contribution < -0.4 is 10.6 Å². The van der Waals surface area contributed by atoms with Gasteiger partial charge >= 0.3 is 5.97 Å². The number of carboxylic acids is 1. The molecule has 1 fully saturated rings. The van der Waals surface area contributed by atoms with Gasteiger partial charge in [-0.05, 0) is 116 Å². The monoisotopic (exact) mass is 816 g/mol. The molecule has 0 unspecified atom stereocenters. The molecule has 6 rings (SSSR count). The van der Waals surface area contributed by atoms with Gasteiger partial charge in [0.2, 0.25) is 5.91 Å². The SMILES string of the molecule is COCCOCC(=O)N(C)CCCN(Cc1cccc(C(=O)Nc2sc3c(c2C(=O)Nc2ccc(CCc4ccc(C(=O)O)cc4)cc2)CCCC3)c1)C1CC1.Cl. The van der Waals surface area contributed by atoms with Gasteiger partial charge in [-0.25, -0.2) is 4.79 Å². The van der Waals surface area contributed by atoms with Gasteiger partial charge in [0.05, 0.1) is 24.3 Å². The Kier molecular flexibility index (Phi) is 16.2. The summed E-state index contributed by atoms with van der Waals surface area (Å²) in [5.74, 6) is -1.46. The molecule has 0 atom stereocenters. The average molecular weight is 817 g/mol. The number of carboxylic acid groups (broad SMARTS) is 1. The molecule has 3 N–H and O–H groups in total. The number of nitrogens with zero attached hydrogens (tertiary/aromatic N) is 2. The van der Waals surface area contributed by atoms with Crippen LogP contribution in [0.25, 0.3) is 0 Å². The second-order valence-corrected chi connectivity index (χ2v) is 15.7. The largest absolute Gasteiger partial charge is 0.478 e. The van der Waals surface area contributed by atoms with Gasteiger partial charge in [0.1, 0.15) is 11.6 Å². The smallest absolute Gasteiger partial charge is 0.335 e. The molecule has 3 amide bonds. The van der Waals surface area contributed by atoms with Crippen LogP contribution in [0.15, 0.2) is 72.8 Å². The third kappa shape index (κ3) is 12.4. The summed E-state index contributed by atoms with van der Waals surface area (Å²) in [6, 6.07) is 22.9. The summed E-state index contributed by atoms with van der Waals surface area (Å²) in [6.07, 6.45) is 8.43. The molecule has 1 saturated carbocycles. The maximum absolute atomic E-state index is 13.9. The lowest BCUT2D eigenvalue weighted by Gasteiger charge is -2.24. The van der Waals surface area contributed by atoms with E-state index in [0.29, 0.717) is 54.2 Å². The Balaban J connectivity index is 0.00000620. The van der Waals surface area contributed by atoms with Crippen LogP contribution in [0.1, 0.15) is 90.3 Å². The van der Waals surface area contributed by atoms with Crippen molar-refractivity contribution in [3.63, 3.8) is 0 Å². The summed E-state index contributed by atoms with van der Waals surface area (Å²) in [6.45, 7) is 3.09. The number of carbonyl (C=O) groups is 4. The molecule has 304 valence electrons. The van der Waals surface area contributed by atoms with E-state index in [2.05, 4.69) is 15.5 Å². The Bertz CT molecular complexity index is 1980. The van der Waals surface area contributed by atoms with Crippen molar-refractivity contribution in [1.29, 1.82) is 0 Å². The van der Waals surface area contributed by atoms with Crippen molar-refractivity contribution in [2.45, 2.75) is 70.4 Å². The molecule has 0 saturated heterocycles. The van der Waals surface area contributed by atoms with Gasteiger partial charge in [0, 0.05) is 56.0 Å². The zero-order valence-electron chi connectivity index (χ0n) is 32.7. The van der Waals surface area contributed by atoms with E-state index < -0.39 is 5.97 Å². The summed E-state index contributed by atoms with van der Waals surface area (Å²) in [4.78, 5) is 56.6. The van der Waals surface area contributed by atoms with E-state index in [1.165, 1.54) is 11.3 Å². The van der Waals surface area contributed by atoms with Crippen molar-refractivity contribution in [1.82, 2.24) is 9.80 Å². The van der Waals surface area contributed by atoms with Gasteiger partial charge in [-0.15, -0.1) is 23.7 Å². The molecule has 2 aliphatic carbocycles. The van der Waals surface area contributed by atoms with Crippen LogP contribution >= 0.6 is 23.7 Å². The van der Waals surface area contributed by atoms with E-state index in [1.807, 2.05) is 60.7 Å². The summed E-state index contributed by atoms with van der Waals surface area (Å²) >= 11 is 1.50. The minimum Gasteiger partial charge on any atom is -0.478 e. The number of halogens is 1. The zero-order valence-corrected chi connectivity index (χ0v) is 34.4. The van der Waals surface area contributed by atoms with Crippen LogP contribution in [0.3, 0.4) is 0 Å². The number of thiophene rings is 1. The predicted octanol–water partition coefficient (Wildman–Crippen LogP) is 7.51. The number of aryl methyl sites for hydroxylation is 3. The number of hydrogen-bond donors (Lipinski definition) is 3. The Morgan fingerprint density at radius 3 is 2.21 bits per heavy atom. The Morgan fingerprint density at radius 1 is 0.825 bits per heavy atom. The number of hydrogen-bond acceptors (Lipinski definition) is 8. The maximum atomic E-state index is 13.9. The number of nitrogens with one attached hydrogen (secondary N) is 2. The number of methoxy groups -OCH3 is 1. The number of aromatic carboxylic acids is 1. The van der Waals surface area contributed by atoms with Crippen molar-refractivity contribution in [2.75, 3.05) is 57.7 Å². The lowest BCUT2D eigenvalue weighted by atomic mass is 9.95. The van der Waals surface area contributed by atoms with Crippen LogP contribution in [0, 0.1) is 0 Å². The topological polar surface area (TPSA) is 138 Å². The van der Waals surface area contributed by atoms with Crippen molar-refractivity contribution in [3.05, 3.63) is 117 Å². The van der Waals surface area contributed by atoms with E-state index in [4.69, 9.17) is 14.6 Å². The number of ether oxygens (including phenoxy) is 2. The fourth-order valence-corrected chi connectivity index (χ4v) is 8.33. The average Bonchev–Trinajstić information content (AvgIpc) is 3.99. The lowest BCUT2D eigenvalue weighted by Crippen LogP contribution is -2.34. The molecule has 0 aliphatic heterocycles. The van der Waals surface area contributed by atoms with Gasteiger partial charge in [-0.2, -0.15) is 0 Å². The highest BCUT2D eigenvalue weighted by Crippen LogP contribution is 2.39. The van der Waals surface area contributed by atoms with E-state index >= 15 is 0 Å². The quantitative estimate of drug-likeness (QED) is 0.0780. The van der Waals surface area contributed by atoms with Gasteiger partial charge in [0.25, 0.3) is 11.8 Å². The van der Waals surface area contributed by atoms with Crippen molar-refractivity contribution in [2.24, 2.45) is 0 Å². The summed E-state index contributed by atoms with van der Waals surface area (Å²) in [5.41, 5.74) is 6.28. The Hall–Kier alpha value is -4.59. The Morgan fingerprint density at radius 2 is 1.53 bits per heavy atom. The molecule has 11 nitrogen and oxygen atoms in total. The summed E-state index contributed by atoms with van der Waals surface area (Å²) < 4.78 is 10.4. The fraction of sp³-hybridized carbons (Fsp3) is 0.409. The normalized spacial score (nSPS) is 13.4. The molecule has 57 heavy (non-hydrogen) atoms. The number of carbonyl (C=O) groups excluding carboxylic acids is 3. The van der Waals surface area contributed by atoms with Crippen LogP contribution in [0.5, 0.6) is 0 Å². The molecule has 13 heteroatoms. The molecule has 4 aromatic rings. The number of fused-ring (bicyclic) bond motifs is 1. The zero-order chi connectivity index (χ0) is 39.4. The summed E-state index contributed by atoms with van der Waals surface area (Å²) in [5, 5.41) is 15.9. The van der Waals surface area contributed by atoms with Gasteiger partial charge in [-0.3, -0.25) is 19.3 Å². The minimum atomic E-state index is -0.937. The van der Waals surface area contributed by atoms with E-state index in [9.17, 15) is 19.2 Å². The standard InChI is InChI=1S/C44H52N4O7S.ClH/c1-47(39(49)29-55-26-25-54-2)23-6-24-48(36-21-22-36)28-32-7-5-8-34(27-32)41(50)46-43-40(37-9-3-4-10-38(37)56-43)42(51)45-35-19-15-31(16-20-35)12-11-30-13-17-33(18-14-30)44(52)53;/h5,7-8,13-20,27,36H,3-4,6,9-12,21-26,28-29H2,1-2H3,(H,45,51)(H,46,50)(H,52,53);1H. The van der Waals surface area contributed by atoms with Crippen molar-refractivity contribution >= 4 is 58.1 Å². The maximum Gasteiger partial charge on any atom is 0.335 e. The molecule has 2 aliphatic rings. The molecule has 1 aromatic heterocycles. The van der Waals surface area contributed by atoms with Crippen LogP contribution in [0.4, 0.5) is 10.7 Å². The highest BCUT2D eigenvalue weighted by Gasteiger charge is 2.30. The van der Waals surface area contributed by atoms with Crippen LogP contribution in [-0.2, 0) is 46.5 Å². The van der Waals surface area contributed by atoms with Gasteiger partial charge in [-0.1, -0.05) is 36.4 Å². The number of amides is 3. The van der Waals surface area contributed by atoms with Crippen molar-refractivity contribution < 1.29 is 33.8 Å².